The molecule has 1 N–H and O–H groups in total. The van der Waals surface area contributed by atoms with Crippen LogP contribution in [0.5, 0.6) is 0 Å². The standard InChI is InChI=1S/C16H30N4/c1-8-10-17-14-12(3)15(19-13(9-2)18-14)20(7)11-16(4,5)6/h8-11H2,1-7H3,(H,17,18,19). The normalized spacial score (nSPS) is 11.6. The number of aromatic nitrogens is 2. The van der Waals surface area contributed by atoms with Crippen molar-refractivity contribution < 1.29 is 0 Å². The van der Waals surface area contributed by atoms with E-state index in [0.29, 0.717) is 0 Å². The molecule has 1 heterocycles. The van der Waals surface area contributed by atoms with Gasteiger partial charge < -0.3 is 10.2 Å². The topological polar surface area (TPSA) is 41.1 Å². The Morgan fingerprint density at radius 2 is 1.80 bits per heavy atom. The van der Waals surface area contributed by atoms with E-state index in [1.165, 1.54) is 0 Å². The van der Waals surface area contributed by atoms with Crippen LogP contribution in [0.25, 0.3) is 0 Å². The van der Waals surface area contributed by atoms with Crippen LogP contribution in [0.15, 0.2) is 0 Å². The van der Waals surface area contributed by atoms with Crippen LogP contribution in [-0.2, 0) is 6.42 Å². The average molecular weight is 278 g/mol. The zero-order valence-electron chi connectivity index (χ0n) is 14.2. The summed E-state index contributed by atoms with van der Waals surface area (Å²) < 4.78 is 0. The van der Waals surface area contributed by atoms with Crippen molar-refractivity contribution in [2.75, 3.05) is 30.4 Å². The van der Waals surface area contributed by atoms with Crippen LogP contribution in [0.1, 0.15) is 52.4 Å². The average Bonchev–Trinajstić information content (AvgIpc) is 2.35. The quantitative estimate of drug-likeness (QED) is 0.862. The van der Waals surface area contributed by atoms with Gasteiger partial charge in [0.25, 0.3) is 0 Å². The van der Waals surface area contributed by atoms with E-state index in [1.54, 1.807) is 0 Å². The predicted octanol–water partition coefficient (Wildman–Crippen LogP) is 3.65. The molecule has 0 amide bonds. The molecular weight excluding hydrogens is 248 g/mol. The highest BCUT2D eigenvalue weighted by Crippen LogP contribution is 2.26. The van der Waals surface area contributed by atoms with E-state index in [0.717, 1.165) is 49.0 Å². The fraction of sp³-hybridized carbons (Fsp3) is 0.750. The fourth-order valence-corrected chi connectivity index (χ4v) is 2.28. The highest BCUT2D eigenvalue weighted by atomic mass is 15.2. The first-order valence-corrected chi connectivity index (χ1v) is 7.61. The van der Waals surface area contributed by atoms with Crippen LogP contribution in [0, 0.1) is 12.3 Å². The Balaban J connectivity index is 3.10. The molecule has 0 aliphatic rings. The number of hydrogen-bond acceptors (Lipinski definition) is 4. The molecule has 0 aliphatic heterocycles. The summed E-state index contributed by atoms with van der Waals surface area (Å²) in [5.41, 5.74) is 1.39. The Kier molecular flexibility index (Phi) is 5.78. The van der Waals surface area contributed by atoms with Crippen molar-refractivity contribution >= 4 is 11.6 Å². The van der Waals surface area contributed by atoms with Crippen LogP contribution >= 0.6 is 0 Å². The van der Waals surface area contributed by atoms with E-state index in [2.05, 4.69) is 63.8 Å². The maximum absolute atomic E-state index is 4.72. The van der Waals surface area contributed by atoms with Crippen molar-refractivity contribution in [1.82, 2.24) is 9.97 Å². The van der Waals surface area contributed by atoms with Crippen molar-refractivity contribution in [1.29, 1.82) is 0 Å². The van der Waals surface area contributed by atoms with Gasteiger partial charge in [0.1, 0.15) is 17.5 Å². The lowest BCUT2D eigenvalue weighted by Crippen LogP contribution is -2.31. The van der Waals surface area contributed by atoms with Crippen molar-refractivity contribution in [3.63, 3.8) is 0 Å². The SMILES string of the molecule is CCCNc1nc(CC)nc(N(C)CC(C)(C)C)c1C. The molecule has 20 heavy (non-hydrogen) atoms. The lowest BCUT2D eigenvalue weighted by Gasteiger charge is -2.29. The molecule has 1 aromatic heterocycles. The summed E-state index contributed by atoms with van der Waals surface area (Å²) in [5.74, 6) is 2.93. The van der Waals surface area contributed by atoms with Crippen LogP contribution in [0.2, 0.25) is 0 Å². The van der Waals surface area contributed by atoms with Crippen molar-refractivity contribution in [2.45, 2.75) is 54.4 Å². The third-order valence-electron chi connectivity index (χ3n) is 3.10. The van der Waals surface area contributed by atoms with E-state index < -0.39 is 0 Å². The van der Waals surface area contributed by atoms with Crippen LogP contribution in [0.4, 0.5) is 11.6 Å². The highest BCUT2D eigenvalue weighted by molar-refractivity contribution is 5.58. The van der Waals surface area contributed by atoms with Gasteiger partial charge in [0.2, 0.25) is 0 Å². The Labute approximate surface area is 124 Å². The van der Waals surface area contributed by atoms with Gasteiger partial charge in [0.15, 0.2) is 0 Å². The molecule has 0 unspecified atom stereocenters. The van der Waals surface area contributed by atoms with E-state index in [1.807, 2.05) is 0 Å². The summed E-state index contributed by atoms with van der Waals surface area (Å²) in [7, 11) is 2.11. The molecule has 0 fully saturated rings. The summed E-state index contributed by atoms with van der Waals surface area (Å²) >= 11 is 0. The fourth-order valence-electron chi connectivity index (χ4n) is 2.28. The van der Waals surface area contributed by atoms with Gasteiger partial charge in [-0.3, -0.25) is 0 Å². The van der Waals surface area contributed by atoms with E-state index in [9.17, 15) is 0 Å². The predicted molar refractivity (Wildman–Crippen MR) is 87.7 cm³/mol. The Hall–Kier alpha value is -1.32. The minimum atomic E-state index is 0.246. The lowest BCUT2D eigenvalue weighted by molar-refractivity contribution is 0.417. The second kappa shape index (κ2) is 6.91. The molecular formula is C16H30N4. The molecule has 0 saturated heterocycles. The van der Waals surface area contributed by atoms with Crippen molar-refractivity contribution in [3.05, 3.63) is 11.4 Å². The molecule has 0 spiro atoms. The number of aryl methyl sites for hydroxylation is 1. The number of nitrogens with zero attached hydrogens (tertiary/aromatic N) is 3. The van der Waals surface area contributed by atoms with Gasteiger partial charge in [-0.2, -0.15) is 0 Å². The van der Waals surface area contributed by atoms with E-state index in [-0.39, 0.29) is 5.41 Å². The highest BCUT2D eigenvalue weighted by Gasteiger charge is 2.18. The zero-order chi connectivity index (χ0) is 15.3. The van der Waals surface area contributed by atoms with Gasteiger partial charge in [0.05, 0.1) is 0 Å². The summed E-state index contributed by atoms with van der Waals surface area (Å²) in [5, 5.41) is 3.42. The lowest BCUT2D eigenvalue weighted by atomic mass is 9.96. The summed E-state index contributed by atoms with van der Waals surface area (Å²) in [4.78, 5) is 11.6. The third kappa shape index (κ3) is 4.66. The minimum Gasteiger partial charge on any atom is -0.370 e. The first-order valence-electron chi connectivity index (χ1n) is 7.61. The van der Waals surface area contributed by atoms with Gasteiger partial charge in [-0.05, 0) is 18.8 Å². The van der Waals surface area contributed by atoms with Crippen molar-refractivity contribution in [2.24, 2.45) is 5.41 Å². The van der Waals surface area contributed by atoms with E-state index in [4.69, 9.17) is 4.98 Å². The van der Waals surface area contributed by atoms with E-state index >= 15 is 0 Å². The summed E-state index contributed by atoms with van der Waals surface area (Å²) in [6.45, 7) is 15.0. The second-order valence-corrected chi connectivity index (χ2v) is 6.63. The van der Waals surface area contributed by atoms with Crippen molar-refractivity contribution in [3.8, 4) is 0 Å². The Morgan fingerprint density at radius 1 is 1.15 bits per heavy atom. The molecule has 0 atom stereocenters. The minimum absolute atomic E-state index is 0.246. The zero-order valence-corrected chi connectivity index (χ0v) is 14.2. The molecule has 4 heteroatoms. The van der Waals surface area contributed by atoms with Gasteiger partial charge in [-0.25, -0.2) is 9.97 Å². The number of anilines is 2. The number of nitrogens with one attached hydrogen (secondary N) is 1. The van der Waals surface area contributed by atoms with Gasteiger partial charge >= 0.3 is 0 Å². The molecule has 0 saturated carbocycles. The second-order valence-electron chi connectivity index (χ2n) is 6.63. The van der Waals surface area contributed by atoms with Gasteiger partial charge in [-0.1, -0.05) is 34.6 Å². The molecule has 0 bridgehead atoms. The van der Waals surface area contributed by atoms with Crippen LogP contribution in [-0.4, -0.2) is 30.1 Å². The summed E-state index contributed by atoms with van der Waals surface area (Å²) in [6.07, 6.45) is 1.95. The molecule has 114 valence electrons. The first kappa shape index (κ1) is 16.7. The molecule has 0 aromatic carbocycles. The number of hydrogen-bond donors (Lipinski definition) is 1. The molecule has 0 aliphatic carbocycles. The maximum atomic E-state index is 4.72. The smallest absolute Gasteiger partial charge is 0.137 e. The molecule has 1 rings (SSSR count). The maximum Gasteiger partial charge on any atom is 0.137 e. The largest absolute Gasteiger partial charge is 0.370 e. The number of rotatable bonds is 6. The van der Waals surface area contributed by atoms with Crippen LogP contribution < -0.4 is 10.2 Å². The molecule has 0 radical (unpaired) electrons. The monoisotopic (exact) mass is 278 g/mol. The third-order valence-corrected chi connectivity index (χ3v) is 3.10. The summed E-state index contributed by atoms with van der Waals surface area (Å²) in [6, 6.07) is 0. The molecule has 1 aromatic rings. The van der Waals surface area contributed by atoms with Gasteiger partial charge in [-0.15, -0.1) is 0 Å². The Bertz CT molecular complexity index is 435. The first-order chi connectivity index (χ1) is 9.28. The molecule has 4 nitrogen and oxygen atoms in total. The van der Waals surface area contributed by atoms with Gasteiger partial charge in [0, 0.05) is 32.1 Å². The Morgan fingerprint density at radius 3 is 2.30 bits per heavy atom. The van der Waals surface area contributed by atoms with Crippen LogP contribution in [0.3, 0.4) is 0 Å².